The molecule has 0 bridgehead atoms. The van der Waals surface area contributed by atoms with Crippen LogP contribution in [0.1, 0.15) is 50.5 Å². The molecule has 3 nitrogen and oxygen atoms in total. The van der Waals surface area contributed by atoms with Crippen molar-refractivity contribution in [2.45, 2.75) is 44.9 Å². The van der Waals surface area contributed by atoms with Crippen molar-refractivity contribution in [1.29, 1.82) is 0 Å². The molecule has 3 heteroatoms. The number of carbonyl (C=O) groups is 1. The Bertz CT molecular complexity index is 645. The molecule has 1 aromatic heterocycles. The van der Waals surface area contributed by atoms with Gasteiger partial charge < -0.3 is 4.74 Å². The molecule has 0 amide bonds. The molecule has 116 valence electrons. The third kappa shape index (κ3) is 3.46. The zero-order valence-corrected chi connectivity index (χ0v) is 13.1. The third-order valence-corrected chi connectivity index (χ3v) is 4.71. The fourth-order valence-corrected chi connectivity index (χ4v) is 3.50. The van der Waals surface area contributed by atoms with E-state index >= 15 is 0 Å². The fraction of sp³-hybridized carbons (Fsp3) is 0.474. The highest BCUT2D eigenvalue weighted by atomic mass is 16.5. The van der Waals surface area contributed by atoms with Crippen molar-refractivity contribution in [2.75, 3.05) is 6.61 Å². The van der Waals surface area contributed by atoms with Crippen LogP contribution in [0.25, 0.3) is 10.9 Å². The number of aromatic nitrogens is 1. The molecule has 0 unspecified atom stereocenters. The van der Waals surface area contributed by atoms with E-state index < -0.39 is 0 Å². The second-order valence-corrected chi connectivity index (χ2v) is 6.18. The lowest BCUT2D eigenvalue weighted by molar-refractivity contribution is -0.144. The molecule has 0 saturated heterocycles. The van der Waals surface area contributed by atoms with Crippen molar-refractivity contribution < 1.29 is 9.53 Å². The molecule has 2 aromatic rings. The Hall–Kier alpha value is -1.90. The summed E-state index contributed by atoms with van der Waals surface area (Å²) in [7, 11) is 0. The van der Waals surface area contributed by atoms with E-state index in [1.54, 1.807) is 0 Å². The molecule has 1 saturated carbocycles. The van der Waals surface area contributed by atoms with E-state index in [1.165, 1.54) is 10.9 Å². The molecule has 0 N–H and O–H groups in total. The normalized spacial score (nSPS) is 21.7. The summed E-state index contributed by atoms with van der Waals surface area (Å²) in [6, 6.07) is 10.7. The minimum atomic E-state index is -0.0391. The average molecular weight is 297 g/mol. The lowest BCUT2D eigenvalue weighted by Gasteiger charge is -2.28. The largest absolute Gasteiger partial charge is 0.466 e. The maximum Gasteiger partial charge on any atom is 0.306 e. The van der Waals surface area contributed by atoms with Crippen LogP contribution in [0.4, 0.5) is 0 Å². The number of esters is 1. The van der Waals surface area contributed by atoms with Crippen LogP contribution in [0.15, 0.2) is 36.5 Å². The Morgan fingerprint density at radius 2 is 2.05 bits per heavy atom. The van der Waals surface area contributed by atoms with Gasteiger partial charge in [0.2, 0.25) is 0 Å². The van der Waals surface area contributed by atoms with E-state index in [2.05, 4.69) is 29.2 Å². The van der Waals surface area contributed by atoms with Gasteiger partial charge in [-0.1, -0.05) is 12.1 Å². The molecule has 0 aliphatic heterocycles. The summed E-state index contributed by atoms with van der Waals surface area (Å²) in [4.78, 5) is 16.0. The van der Waals surface area contributed by atoms with Crippen LogP contribution in [0.3, 0.4) is 0 Å². The number of hydrogen-bond donors (Lipinski definition) is 0. The molecule has 1 fully saturated rings. The standard InChI is InChI=1S/C19H23NO2/c1-2-22-19(21)12-14-5-7-15(8-6-14)16-9-10-18-17(13-16)4-3-11-20-18/h3-4,9-11,13-15H,2,5-8,12H2,1H3. The number of fused-ring (bicyclic) bond motifs is 1. The lowest BCUT2D eigenvalue weighted by Crippen LogP contribution is -2.17. The Kier molecular flexibility index (Phi) is 4.71. The van der Waals surface area contributed by atoms with E-state index in [4.69, 9.17) is 4.74 Å². The number of carbonyl (C=O) groups excluding carboxylic acids is 1. The van der Waals surface area contributed by atoms with Gasteiger partial charge in [0.15, 0.2) is 0 Å². The zero-order chi connectivity index (χ0) is 15.4. The monoisotopic (exact) mass is 297 g/mol. The van der Waals surface area contributed by atoms with Crippen LogP contribution in [0.5, 0.6) is 0 Å². The minimum Gasteiger partial charge on any atom is -0.466 e. The Labute approximate surface area is 131 Å². The van der Waals surface area contributed by atoms with Gasteiger partial charge in [-0.3, -0.25) is 9.78 Å². The second-order valence-electron chi connectivity index (χ2n) is 6.18. The lowest BCUT2D eigenvalue weighted by atomic mass is 9.77. The zero-order valence-electron chi connectivity index (χ0n) is 13.1. The molecule has 0 radical (unpaired) electrons. The van der Waals surface area contributed by atoms with Crippen LogP contribution in [0, 0.1) is 5.92 Å². The van der Waals surface area contributed by atoms with Gasteiger partial charge in [-0.25, -0.2) is 0 Å². The second kappa shape index (κ2) is 6.91. The number of ether oxygens (including phenoxy) is 1. The van der Waals surface area contributed by atoms with Gasteiger partial charge in [-0.05, 0) is 68.2 Å². The molecule has 1 aliphatic carbocycles. The predicted molar refractivity (Wildman–Crippen MR) is 87.7 cm³/mol. The molecule has 0 spiro atoms. The van der Waals surface area contributed by atoms with Crippen LogP contribution in [0.2, 0.25) is 0 Å². The summed E-state index contributed by atoms with van der Waals surface area (Å²) in [5.41, 5.74) is 2.47. The molecular weight excluding hydrogens is 274 g/mol. The first-order chi connectivity index (χ1) is 10.8. The van der Waals surface area contributed by atoms with Crippen LogP contribution < -0.4 is 0 Å². The predicted octanol–water partition coefficient (Wildman–Crippen LogP) is 4.46. The number of hydrogen-bond acceptors (Lipinski definition) is 3. The molecule has 1 heterocycles. The smallest absolute Gasteiger partial charge is 0.306 e. The number of rotatable bonds is 4. The Morgan fingerprint density at radius 3 is 2.82 bits per heavy atom. The van der Waals surface area contributed by atoms with Gasteiger partial charge in [-0.15, -0.1) is 0 Å². The van der Waals surface area contributed by atoms with E-state index in [1.807, 2.05) is 19.2 Å². The van der Waals surface area contributed by atoms with Crippen LogP contribution in [-0.4, -0.2) is 17.6 Å². The summed E-state index contributed by atoms with van der Waals surface area (Å²) in [5, 5.41) is 1.22. The van der Waals surface area contributed by atoms with Crippen molar-refractivity contribution in [3.05, 3.63) is 42.1 Å². The first kappa shape index (κ1) is 15.0. The number of pyridine rings is 1. The minimum absolute atomic E-state index is 0.0391. The number of nitrogens with zero attached hydrogens (tertiary/aromatic N) is 1. The molecule has 22 heavy (non-hydrogen) atoms. The summed E-state index contributed by atoms with van der Waals surface area (Å²) < 4.78 is 5.06. The van der Waals surface area contributed by atoms with Crippen molar-refractivity contribution in [1.82, 2.24) is 4.98 Å². The van der Waals surface area contributed by atoms with E-state index in [-0.39, 0.29) is 5.97 Å². The quantitative estimate of drug-likeness (QED) is 0.782. The highest BCUT2D eigenvalue weighted by Gasteiger charge is 2.24. The van der Waals surface area contributed by atoms with Crippen molar-refractivity contribution >= 4 is 16.9 Å². The average Bonchev–Trinajstić information content (AvgIpc) is 2.55. The molecule has 1 aliphatic rings. The van der Waals surface area contributed by atoms with Crippen molar-refractivity contribution in [2.24, 2.45) is 5.92 Å². The van der Waals surface area contributed by atoms with Crippen molar-refractivity contribution in [3.8, 4) is 0 Å². The molecule has 3 rings (SSSR count). The van der Waals surface area contributed by atoms with Gasteiger partial charge in [0.25, 0.3) is 0 Å². The molecular formula is C19H23NO2. The van der Waals surface area contributed by atoms with Gasteiger partial charge >= 0.3 is 5.97 Å². The summed E-state index contributed by atoms with van der Waals surface area (Å²) >= 11 is 0. The summed E-state index contributed by atoms with van der Waals surface area (Å²) in [6.07, 6.45) is 6.99. The van der Waals surface area contributed by atoms with Gasteiger partial charge in [0.05, 0.1) is 12.1 Å². The van der Waals surface area contributed by atoms with Gasteiger partial charge in [-0.2, -0.15) is 0 Å². The number of benzene rings is 1. The maximum atomic E-state index is 11.6. The van der Waals surface area contributed by atoms with Gasteiger partial charge in [0, 0.05) is 18.0 Å². The Morgan fingerprint density at radius 1 is 1.23 bits per heavy atom. The van der Waals surface area contributed by atoms with E-state index in [0.717, 1.165) is 31.2 Å². The Balaban J connectivity index is 1.61. The summed E-state index contributed by atoms with van der Waals surface area (Å²) in [6.45, 7) is 2.35. The van der Waals surface area contributed by atoms with Crippen LogP contribution in [-0.2, 0) is 9.53 Å². The fourth-order valence-electron chi connectivity index (χ4n) is 3.50. The van der Waals surface area contributed by atoms with Crippen LogP contribution >= 0.6 is 0 Å². The maximum absolute atomic E-state index is 11.6. The topological polar surface area (TPSA) is 39.2 Å². The van der Waals surface area contributed by atoms with E-state index in [9.17, 15) is 4.79 Å². The summed E-state index contributed by atoms with van der Waals surface area (Å²) in [5.74, 6) is 1.07. The van der Waals surface area contributed by atoms with Crippen molar-refractivity contribution in [3.63, 3.8) is 0 Å². The molecule has 0 atom stereocenters. The highest BCUT2D eigenvalue weighted by molar-refractivity contribution is 5.79. The first-order valence-corrected chi connectivity index (χ1v) is 8.26. The van der Waals surface area contributed by atoms with E-state index in [0.29, 0.717) is 24.9 Å². The molecule has 1 aromatic carbocycles. The first-order valence-electron chi connectivity index (χ1n) is 8.26. The third-order valence-electron chi connectivity index (χ3n) is 4.71. The SMILES string of the molecule is CCOC(=O)CC1CCC(c2ccc3ncccc3c2)CC1. The highest BCUT2D eigenvalue weighted by Crippen LogP contribution is 2.37. The van der Waals surface area contributed by atoms with Gasteiger partial charge in [0.1, 0.15) is 0 Å².